The van der Waals surface area contributed by atoms with Crippen LogP contribution in [0.3, 0.4) is 0 Å². The Labute approximate surface area is 191 Å². The van der Waals surface area contributed by atoms with Gasteiger partial charge >= 0.3 is 0 Å². The first-order valence-corrected chi connectivity index (χ1v) is 11.4. The second-order valence-corrected chi connectivity index (χ2v) is 9.43. The van der Waals surface area contributed by atoms with Gasteiger partial charge in [0.05, 0.1) is 17.7 Å². The van der Waals surface area contributed by atoms with Gasteiger partial charge in [-0.05, 0) is 55.5 Å². The van der Waals surface area contributed by atoms with Crippen molar-refractivity contribution in [1.29, 1.82) is 0 Å². The van der Waals surface area contributed by atoms with Crippen LogP contribution < -0.4 is 14.4 Å². The lowest BCUT2D eigenvalue weighted by molar-refractivity contribution is -0.114. The third kappa shape index (κ3) is 5.50. The highest BCUT2D eigenvalue weighted by Gasteiger charge is 2.29. The molecule has 0 bridgehead atoms. The fraction of sp³-hybridized carbons (Fsp3) is 0.136. The van der Waals surface area contributed by atoms with Gasteiger partial charge in [0.25, 0.3) is 10.0 Å². The van der Waals surface area contributed by atoms with Gasteiger partial charge in [0.1, 0.15) is 12.3 Å². The second-order valence-electron chi connectivity index (χ2n) is 6.70. The predicted molar refractivity (Wildman–Crippen MR) is 124 cm³/mol. The Balaban J connectivity index is 2.03. The third-order valence-electron chi connectivity index (χ3n) is 4.41. The number of sulfonamides is 1. The van der Waals surface area contributed by atoms with Crippen molar-refractivity contribution in [2.24, 2.45) is 0 Å². The molecule has 1 amide bonds. The normalized spacial score (nSPS) is 11.1. The van der Waals surface area contributed by atoms with Crippen molar-refractivity contribution >= 4 is 50.5 Å². The fourth-order valence-corrected chi connectivity index (χ4v) is 4.67. The minimum absolute atomic E-state index is 0.0377. The van der Waals surface area contributed by atoms with Crippen molar-refractivity contribution in [2.75, 3.05) is 23.3 Å². The smallest absolute Gasteiger partial charge is 0.264 e. The molecule has 3 rings (SSSR count). The summed E-state index contributed by atoms with van der Waals surface area (Å²) in [6.07, 6.45) is 0. The number of nitrogens with zero attached hydrogens (tertiary/aromatic N) is 1. The van der Waals surface area contributed by atoms with Crippen molar-refractivity contribution in [2.45, 2.75) is 11.8 Å². The number of amides is 1. The second kappa shape index (κ2) is 9.60. The van der Waals surface area contributed by atoms with Gasteiger partial charge in [-0.2, -0.15) is 0 Å². The monoisotopic (exact) mass is 478 g/mol. The van der Waals surface area contributed by atoms with Crippen molar-refractivity contribution in [3.8, 4) is 5.75 Å². The molecule has 1 N–H and O–H groups in total. The number of halogens is 2. The molecule has 0 radical (unpaired) electrons. The van der Waals surface area contributed by atoms with E-state index in [0.29, 0.717) is 15.7 Å². The Morgan fingerprint density at radius 3 is 2.32 bits per heavy atom. The molecule has 0 aromatic heterocycles. The maximum Gasteiger partial charge on any atom is 0.264 e. The van der Waals surface area contributed by atoms with Gasteiger partial charge in [-0.25, -0.2) is 8.42 Å². The molecule has 162 valence electrons. The molecule has 0 heterocycles. The van der Waals surface area contributed by atoms with E-state index < -0.39 is 22.5 Å². The van der Waals surface area contributed by atoms with Crippen LogP contribution in [0.15, 0.2) is 71.6 Å². The van der Waals surface area contributed by atoms with E-state index >= 15 is 0 Å². The topological polar surface area (TPSA) is 75.7 Å². The summed E-state index contributed by atoms with van der Waals surface area (Å²) in [7, 11) is -2.70. The van der Waals surface area contributed by atoms with Gasteiger partial charge in [-0.3, -0.25) is 9.10 Å². The van der Waals surface area contributed by atoms with Crippen molar-refractivity contribution in [1.82, 2.24) is 0 Å². The van der Waals surface area contributed by atoms with Gasteiger partial charge in [0.15, 0.2) is 0 Å². The van der Waals surface area contributed by atoms with Crippen LogP contribution >= 0.6 is 23.2 Å². The van der Waals surface area contributed by atoms with Crippen LogP contribution in [-0.4, -0.2) is 28.0 Å². The highest BCUT2D eigenvalue weighted by molar-refractivity contribution is 7.92. The summed E-state index contributed by atoms with van der Waals surface area (Å²) in [5, 5.41) is 3.41. The first kappa shape index (κ1) is 22.9. The quantitative estimate of drug-likeness (QED) is 0.509. The zero-order chi connectivity index (χ0) is 22.6. The molecular weight excluding hydrogens is 459 g/mol. The number of hydrogen-bond donors (Lipinski definition) is 1. The Hall–Kier alpha value is -2.74. The maximum absolute atomic E-state index is 13.5. The first-order valence-electron chi connectivity index (χ1n) is 9.19. The lowest BCUT2D eigenvalue weighted by atomic mass is 10.2. The van der Waals surface area contributed by atoms with Crippen LogP contribution in [0.5, 0.6) is 5.75 Å². The number of benzene rings is 3. The summed E-state index contributed by atoms with van der Waals surface area (Å²) in [5.74, 6) is -0.296. The molecule has 0 saturated heterocycles. The Morgan fingerprint density at radius 1 is 1.00 bits per heavy atom. The molecule has 0 spiro atoms. The van der Waals surface area contributed by atoms with E-state index in [1.165, 1.54) is 25.3 Å². The van der Waals surface area contributed by atoms with Gasteiger partial charge in [-0.1, -0.05) is 47.0 Å². The molecule has 0 saturated carbocycles. The number of anilines is 2. The van der Waals surface area contributed by atoms with Crippen LogP contribution in [0, 0.1) is 6.92 Å². The van der Waals surface area contributed by atoms with Crippen LogP contribution in [0.1, 0.15) is 5.56 Å². The number of ether oxygens (including phenoxy) is 1. The Morgan fingerprint density at radius 2 is 1.68 bits per heavy atom. The zero-order valence-corrected chi connectivity index (χ0v) is 19.1. The molecule has 0 aliphatic rings. The molecule has 0 unspecified atom stereocenters. The van der Waals surface area contributed by atoms with Gasteiger partial charge in [-0.15, -0.1) is 0 Å². The average molecular weight is 479 g/mol. The molecule has 0 fully saturated rings. The lowest BCUT2D eigenvalue weighted by Gasteiger charge is -2.26. The maximum atomic E-state index is 13.5. The standard InChI is InChI=1S/C22H20Cl2N2O4S/c1-15-6-9-19(10-7-15)31(28,29)26(20-13-17(24)8-11-21(20)30-2)14-22(27)25-18-5-3-4-16(23)12-18/h3-13H,14H2,1-2H3,(H,25,27). The van der Waals surface area contributed by atoms with E-state index in [9.17, 15) is 13.2 Å². The third-order valence-corrected chi connectivity index (χ3v) is 6.66. The van der Waals surface area contributed by atoms with Gasteiger partial charge in [0, 0.05) is 15.7 Å². The molecule has 0 aliphatic heterocycles. The lowest BCUT2D eigenvalue weighted by Crippen LogP contribution is -2.38. The summed E-state index contributed by atoms with van der Waals surface area (Å²) >= 11 is 12.1. The molecule has 9 heteroatoms. The largest absolute Gasteiger partial charge is 0.495 e. The number of nitrogens with one attached hydrogen (secondary N) is 1. The van der Waals surface area contributed by atoms with Gasteiger partial charge in [0.2, 0.25) is 5.91 Å². The van der Waals surface area contributed by atoms with Crippen LogP contribution in [0.25, 0.3) is 0 Å². The SMILES string of the molecule is COc1ccc(Cl)cc1N(CC(=O)Nc1cccc(Cl)c1)S(=O)(=O)c1ccc(C)cc1. The van der Waals surface area contributed by atoms with E-state index in [1.807, 2.05) is 6.92 Å². The summed E-state index contributed by atoms with van der Waals surface area (Å²) in [4.78, 5) is 12.8. The summed E-state index contributed by atoms with van der Waals surface area (Å²) in [6, 6.07) is 17.5. The number of hydrogen-bond acceptors (Lipinski definition) is 4. The minimum atomic E-state index is -4.11. The molecule has 0 aliphatic carbocycles. The fourth-order valence-electron chi connectivity index (χ4n) is 2.89. The minimum Gasteiger partial charge on any atom is -0.495 e. The molecule has 0 atom stereocenters. The van der Waals surface area contributed by atoms with E-state index in [0.717, 1.165) is 9.87 Å². The molecule has 3 aromatic carbocycles. The number of carbonyl (C=O) groups is 1. The summed E-state index contributed by atoms with van der Waals surface area (Å²) in [5.41, 5.74) is 1.50. The summed E-state index contributed by atoms with van der Waals surface area (Å²) < 4.78 is 33.3. The van der Waals surface area contributed by atoms with Crippen LogP contribution in [-0.2, 0) is 14.8 Å². The highest BCUT2D eigenvalue weighted by atomic mass is 35.5. The number of aryl methyl sites for hydroxylation is 1. The molecule has 6 nitrogen and oxygen atoms in total. The van der Waals surface area contributed by atoms with E-state index in [4.69, 9.17) is 27.9 Å². The van der Waals surface area contributed by atoms with Crippen LogP contribution in [0.4, 0.5) is 11.4 Å². The highest BCUT2D eigenvalue weighted by Crippen LogP contribution is 2.35. The summed E-state index contributed by atoms with van der Waals surface area (Å²) in [6.45, 7) is 1.35. The van der Waals surface area contributed by atoms with E-state index in [1.54, 1.807) is 48.5 Å². The first-order chi connectivity index (χ1) is 14.7. The Bertz CT molecular complexity index is 1200. The number of methoxy groups -OCH3 is 1. The predicted octanol–water partition coefficient (Wildman–Crippen LogP) is 5.14. The molecule has 31 heavy (non-hydrogen) atoms. The van der Waals surface area contributed by atoms with E-state index in [2.05, 4.69) is 5.32 Å². The van der Waals surface area contributed by atoms with Crippen molar-refractivity contribution < 1.29 is 17.9 Å². The Kier molecular flexibility index (Phi) is 7.10. The average Bonchev–Trinajstić information content (AvgIpc) is 2.72. The van der Waals surface area contributed by atoms with E-state index in [-0.39, 0.29) is 16.3 Å². The number of carbonyl (C=O) groups excluding carboxylic acids is 1. The van der Waals surface area contributed by atoms with Crippen molar-refractivity contribution in [3.63, 3.8) is 0 Å². The van der Waals surface area contributed by atoms with Crippen LogP contribution in [0.2, 0.25) is 10.0 Å². The van der Waals surface area contributed by atoms with Gasteiger partial charge < -0.3 is 10.1 Å². The molecule has 3 aromatic rings. The zero-order valence-electron chi connectivity index (χ0n) is 16.8. The van der Waals surface area contributed by atoms with Crippen molar-refractivity contribution in [3.05, 3.63) is 82.3 Å². The molecular formula is C22H20Cl2N2O4S. The number of rotatable bonds is 7.